The second kappa shape index (κ2) is 7.30. The van der Waals surface area contributed by atoms with E-state index in [1.807, 2.05) is 0 Å². The Balaban J connectivity index is 1.78. The highest BCUT2D eigenvalue weighted by Gasteiger charge is 2.26. The standard InChI is InChI=1S/C21H17ClN2O4S2/c22-20-14(9-24-16(26)5-6-17(24)27)23-21-19(13-7-8-30(28)10-15(13)29-21)18(20)11-1-3-12(25)4-2-11/h1-6,25-27H,7-10H2. The highest BCUT2D eigenvalue weighted by Crippen LogP contribution is 2.44. The van der Waals surface area contributed by atoms with Crippen molar-refractivity contribution in [3.05, 3.63) is 57.6 Å². The Labute approximate surface area is 183 Å². The molecule has 3 aromatic heterocycles. The Morgan fingerprint density at radius 2 is 1.80 bits per heavy atom. The number of fused-ring (bicyclic) bond motifs is 3. The molecule has 1 aliphatic rings. The first-order valence-corrected chi connectivity index (χ1v) is 11.9. The molecule has 3 N–H and O–H groups in total. The van der Waals surface area contributed by atoms with E-state index in [0.717, 1.165) is 31.8 Å². The molecule has 1 aliphatic heterocycles. The third kappa shape index (κ3) is 3.15. The van der Waals surface area contributed by atoms with Crippen LogP contribution in [0.15, 0.2) is 36.4 Å². The van der Waals surface area contributed by atoms with Gasteiger partial charge in [0.25, 0.3) is 0 Å². The monoisotopic (exact) mass is 460 g/mol. The van der Waals surface area contributed by atoms with Gasteiger partial charge in [-0.3, -0.25) is 8.78 Å². The Kier molecular flexibility index (Phi) is 4.72. The summed E-state index contributed by atoms with van der Waals surface area (Å²) in [5.74, 6) is 1.11. The van der Waals surface area contributed by atoms with Crippen molar-refractivity contribution in [1.29, 1.82) is 0 Å². The van der Waals surface area contributed by atoms with Gasteiger partial charge >= 0.3 is 0 Å². The van der Waals surface area contributed by atoms with Crippen LogP contribution in [0, 0.1) is 0 Å². The summed E-state index contributed by atoms with van der Waals surface area (Å²) in [6.45, 7) is 0.0963. The first kappa shape index (κ1) is 19.4. The molecule has 5 rings (SSSR count). The molecule has 1 aromatic carbocycles. The highest BCUT2D eigenvalue weighted by molar-refractivity contribution is 7.84. The van der Waals surface area contributed by atoms with Crippen LogP contribution < -0.4 is 0 Å². The molecule has 4 heterocycles. The number of aromatic nitrogens is 2. The zero-order valence-corrected chi connectivity index (χ0v) is 18.0. The number of pyridine rings is 1. The molecule has 30 heavy (non-hydrogen) atoms. The topological polar surface area (TPSA) is 95.6 Å². The summed E-state index contributed by atoms with van der Waals surface area (Å²) in [5.41, 5.74) is 3.27. The van der Waals surface area contributed by atoms with Crippen molar-refractivity contribution < 1.29 is 19.5 Å². The van der Waals surface area contributed by atoms with Gasteiger partial charge in [0.15, 0.2) is 11.8 Å². The fourth-order valence-corrected chi connectivity index (χ4v) is 6.86. The molecule has 0 saturated heterocycles. The van der Waals surface area contributed by atoms with E-state index in [9.17, 15) is 19.5 Å². The number of phenols is 1. The van der Waals surface area contributed by atoms with Gasteiger partial charge in [-0.2, -0.15) is 0 Å². The van der Waals surface area contributed by atoms with E-state index >= 15 is 0 Å². The van der Waals surface area contributed by atoms with Crippen LogP contribution in [0.2, 0.25) is 5.02 Å². The fraction of sp³-hybridized carbons (Fsp3) is 0.190. The van der Waals surface area contributed by atoms with Crippen molar-refractivity contribution >= 4 is 44.0 Å². The Bertz CT molecular complexity index is 1290. The number of halogens is 1. The molecule has 154 valence electrons. The van der Waals surface area contributed by atoms with E-state index in [1.54, 1.807) is 24.3 Å². The van der Waals surface area contributed by atoms with Gasteiger partial charge in [-0.15, -0.1) is 11.3 Å². The second-order valence-corrected chi connectivity index (χ2v) is 10.2. The summed E-state index contributed by atoms with van der Waals surface area (Å²) in [7, 11) is -0.879. The van der Waals surface area contributed by atoms with E-state index in [2.05, 4.69) is 0 Å². The van der Waals surface area contributed by atoms with Gasteiger partial charge in [-0.05, 0) is 29.7 Å². The molecule has 0 saturated carbocycles. The Morgan fingerprint density at radius 1 is 1.10 bits per heavy atom. The minimum absolute atomic E-state index is 0.0856. The van der Waals surface area contributed by atoms with E-state index in [1.165, 1.54) is 28.0 Å². The molecule has 0 bridgehead atoms. The Hall–Kier alpha value is -2.55. The number of benzene rings is 1. The lowest BCUT2D eigenvalue weighted by Gasteiger charge is -2.16. The summed E-state index contributed by atoms with van der Waals surface area (Å²) in [6.07, 6.45) is 0.698. The van der Waals surface area contributed by atoms with Crippen molar-refractivity contribution in [2.24, 2.45) is 0 Å². The molecule has 0 aliphatic carbocycles. The molecule has 0 spiro atoms. The normalized spacial score (nSPS) is 16.1. The van der Waals surface area contributed by atoms with Gasteiger partial charge < -0.3 is 15.3 Å². The average molecular weight is 461 g/mol. The summed E-state index contributed by atoms with van der Waals surface area (Å²) in [4.78, 5) is 6.60. The van der Waals surface area contributed by atoms with Gasteiger partial charge in [0.1, 0.15) is 10.6 Å². The molecule has 0 fully saturated rings. The van der Waals surface area contributed by atoms with Crippen LogP contribution in [0.5, 0.6) is 17.5 Å². The van der Waals surface area contributed by atoms with Crippen LogP contribution in [-0.2, 0) is 29.5 Å². The molecule has 9 heteroatoms. The van der Waals surface area contributed by atoms with Gasteiger partial charge in [0.2, 0.25) is 0 Å². The highest BCUT2D eigenvalue weighted by atomic mass is 35.5. The maximum absolute atomic E-state index is 12.1. The Morgan fingerprint density at radius 3 is 2.50 bits per heavy atom. The van der Waals surface area contributed by atoms with Gasteiger partial charge in [0, 0.05) is 44.5 Å². The van der Waals surface area contributed by atoms with E-state index < -0.39 is 10.8 Å². The van der Waals surface area contributed by atoms with Crippen LogP contribution in [0.3, 0.4) is 0 Å². The largest absolute Gasteiger partial charge is 0.508 e. The first-order valence-electron chi connectivity index (χ1n) is 9.27. The lowest BCUT2D eigenvalue weighted by Crippen LogP contribution is -2.11. The SMILES string of the molecule is O=S1CCc2c(sc3nc(Cn4c(O)ccc4O)c(Cl)c(-c4ccc(O)cc4)c23)C1. The number of aromatic hydroxyl groups is 3. The minimum Gasteiger partial charge on any atom is -0.508 e. The van der Waals surface area contributed by atoms with E-state index in [-0.39, 0.29) is 24.1 Å². The van der Waals surface area contributed by atoms with Crippen LogP contribution in [0.4, 0.5) is 0 Å². The van der Waals surface area contributed by atoms with Crippen molar-refractivity contribution in [2.75, 3.05) is 5.75 Å². The number of phenolic OH excluding ortho intramolecular Hbond substituents is 1. The quantitative estimate of drug-likeness (QED) is 0.421. The number of rotatable bonds is 3. The number of hydrogen-bond acceptors (Lipinski definition) is 6. The summed E-state index contributed by atoms with van der Waals surface area (Å²) >= 11 is 8.37. The van der Waals surface area contributed by atoms with Gasteiger partial charge in [0.05, 0.1) is 23.0 Å². The molecule has 4 aromatic rings. The third-order valence-electron chi connectivity index (χ3n) is 5.30. The number of thiophene rings is 1. The van der Waals surface area contributed by atoms with Crippen LogP contribution in [0.1, 0.15) is 16.1 Å². The lowest BCUT2D eigenvalue weighted by atomic mass is 9.97. The summed E-state index contributed by atoms with van der Waals surface area (Å²) in [6, 6.07) is 9.62. The van der Waals surface area contributed by atoms with Crippen molar-refractivity contribution in [3.8, 4) is 28.6 Å². The van der Waals surface area contributed by atoms with E-state index in [0.29, 0.717) is 28.6 Å². The van der Waals surface area contributed by atoms with Gasteiger partial charge in [-0.1, -0.05) is 23.7 Å². The molecular weight excluding hydrogens is 444 g/mol. The third-order valence-corrected chi connectivity index (χ3v) is 8.29. The molecule has 0 amide bonds. The second-order valence-electron chi connectivity index (χ2n) is 7.15. The maximum atomic E-state index is 12.1. The number of nitrogens with zero attached hydrogens (tertiary/aromatic N) is 2. The van der Waals surface area contributed by atoms with Crippen molar-refractivity contribution in [2.45, 2.75) is 18.7 Å². The van der Waals surface area contributed by atoms with Crippen molar-refractivity contribution in [1.82, 2.24) is 9.55 Å². The van der Waals surface area contributed by atoms with E-state index in [4.69, 9.17) is 16.6 Å². The summed E-state index contributed by atoms with van der Waals surface area (Å²) < 4.78 is 13.4. The maximum Gasteiger partial charge on any atom is 0.194 e. The molecule has 1 atom stereocenters. The first-order chi connectivity index (χ1) is 14.4. The van der Waals surface area contributed by atoms with Crippen LogP contribution >= 0.6 is 22.9 Å². The fourth-order valence-electron chi connectivity index (χ4n) is 3.84. The molecule has 0 radical (unpaired) electrons. The van der Waals surface area contributed by atoms with Crippen molar-refractivity contribution in [3.63, 3.8) is 0 Å². The van der Waals surface area contributed by atoms with Crippen LogP contribution in [0.25, 0.3) is 21.3 Å². The zero-order valence-electron chi connectivity index (χ0n) is 15.6. The smallest absolute Gasteiger partial charge is 0.194 e. The number of aryl methyl sites for hydroxylation is 1. The summed E-state index contributed by atoms with van der Waals surface area (Å²) in [5, 5.41) is 31.2. The molecule has 1 unspecified atom stereocenters. The number of hydrogen-bond donors (Lipinski definition) is 3. The predicted octanol–water partition coefficient (Wildman–Crippen LogP) is 4.39. The predicted molar refractivity (Wildman–Crippen MR) is 119 cm³/mol. The minimum atomic E-state index is -0.879. The molecule has 6 nitrogen and oxygen atoms in total. The van der Waals surface area contributed by atoms with Gasteiger partial charge in [-0.25, -0.2) is 4.98 Å². The van der Waals surface area contributed by atoms with Crippen LogP contribution in [-0.4, -0.2) is 34.8 Å². The average Bonchev–Trinajstić information content (AvgIpc) is 3.23. The lowest BCUT2D eigenvalue weighted by molar-refractivity contribution is 0.376. The zero-order chi connectivity index (χ0) is 21.0. The molecular formula is C21H17ClN2O4S2.